The Hall–Kier alpha value is -0.530. The summed E-state index contributed by atoms with van der Waals surface area (Å²) in [4.78, 5) is 12.1. The third-order valence-electron chi connectivity index (χ3n) is 5.28. The Balaban J connectivity index is 1.89. The minimum atomic E-state index is 0.0826. The van der Waals surface area contributed by atoms with Crippen LogP contribution in [0, 0.1) is 23.7 Å². The van der Waals surface area contributed by atoms with Crippen molar-refractivity contribution in [3.63, 3.8) is 0 Å². The number of hydrogen-bond acceptors (Lipinski definition) is 2. The molecule has 2 aliphatic rings. The molecule has 104 valence electrons. The summed E-state index contributed by atoms with van der Waals surface area (Å²) in [6.07, 6.45) is 8.57. The van der Waals surface area contributed by atoms with Gasteiger partial charge in [0.1, 0.15) is 6.10 Å². The molecule has 1 saturated carbocycles. The van der Waals surface area contributed by atoms with Crippen molar-refractivity contribution in [3.8, 4) is 0 Å². The maximum atomic E-state index is 12.1. The van der Waals surface area contributed by atoms with Gasteiger partial charge < -0.3 is 4.74 Å². The van der Waals surface area contributed by atoms with Crippen LogP contribution in [0.25, 0.3) is 0 Å². The van der Waals surface area contributed by atoms with Crippen LogP contribution >= 0.6 is 0 Å². The van der Waals surface area contributed by atoms with E-state index < -0.39 is 0 Å². The van der Waals surface area contributed by atoms with Crippen LogP contribution in [-0.4, -0.2) is 12.1 Å². The molecule has 0 aromatic rings. The van der Waals surface area contributed by atoms with E-state index in [0.717, 1.165) is 31.1 Å². The average molecular weight is 252 g/mol. The highest BCUT2D eigenvalue weighted by molar-refractivity contribution is 5.73. The molecule has 3 atom stereocenters. The highest BCUT2D eigenvalue weighted by Gasteiger charge is 2.37. The number of esters is 1. The molecule has 2 fully saturated rings. The van der Waals surface area contributed by atoms with Crippen molar-refractivity contribution in [3.05, 3.63) is 0 Å². The molecule has 1 saturated heterocycles. The molecule has 0 bridgehead atoms. The first-order chi connectivity index (χ1) is 8.61. The SMILES string of the molecule is CCC1CCC(C(C)C2CCC(C)CC2)C(=O)O1. The number of carbonyl (C=O) groups is 1. The summed E-state index contributed by atoms with van der Waals surface area (Å²) in [6.45, 7) is 6.73. The first kappa shape index (κ1) is 13.9. The summed E-state index contributed by atoms with van der Waals surface area (Å²) in [5, 5.41) is 0. The van der Waals surface area contributed by atoms with Crippen LogP contribution in [0.5, 0.6) is 0 Å². The molecule has 18 heavy (non-hydrogen) atoms. The van der Waals surface area contributed by atoms with Crippen LogP contribution in [0.2, 0.25) is 0 Å². The topological polar surface area (TPSA) is 26.3 Å². The van der Waals surface area contributed by atoms with Gasteiger partial charge in [-0.05, 0) is 49.9 Å². The lowest BCUT2D eigenvalue weighted by molar-refractivity contribution is -0.164. The molecule has 3 unspecified atom stereocenters. The fraction of sp³-hybridized carbons (Fsp3) is 0.938. The predicted molar refractivity (Wildman–Crippen MR) is 73.2 cm³/mol. The van der Waals surface area contributed by atoms with Crippen LogP contribution < -0.4 is 0 Å². The van der Waals surface area contributed by atoms with E-state index in [1.165, 1.54) is 25.7 Å². The van der Waals surface area contributed by atoms with Crippen LogP contribution in [0.4, 0.5) is 0 Å². The lowest BCUT2D eigenvalue weighted by Gasteiger charge is -2.37. The van der Waals surface area contributed by atoms with Gasteiger partial charge in [0.25, 0.3) is 0 Å². The molecule has 0 radical (unpaired) electrons. The Bertz CT molecular complexity index is 279. The van der Waals surface area contributed by atoms with Crippen LogP contribution in [0.3, 0.4) is 0 Å². The monoisotopic (exact) mass is 252 g/mol. The normalized spacial score (nSPS) is 39.2. The third kappa shape index (κ3) is 3.07. The lowest BCUT2D eigenvalue weighted by Crippen LogP contribution is -2.37. The third-order valence-corrected chi connectivity index (χ3v) is 5.28. The molecular formula is C16H28O2. The summed E-state index contributed by atoms with van der Waals surface area (Å²) in [5.41, 5.74) is 0. The molecule has 0 amide bonds. The molecule has 0 spiro atoms. The molecule has 1 aliphatic carbocycles. The zero-order chi connectivity index (χ0) is 13.1. The number of rotatable bonds is 3. The Kier molecular flexibility index (Phi) is 4.69. The second kappa shape index (κ2) is 6.08. The van der Waals surface area contributed by atoms with Crippen LogP contribution in [0.15, 0.2) is 0 Å². The maximum absolute atomic E-state index is 12.1. The van der Waals surface area contributed by atoms with E-state index >= 15 is 0 Å². The summed E-state index contributed by atoms with van der Waals surface area (Å²) in [7, 11) is 0. The summed E-state index contributed by atoms with van der Waals surface area (Å²) in [6, 6.07) is 0. The van der Waals surface area contributed by atoms with Gasteiger partial charge in [-0.2, -0.15) is 0 Å². The van der Waals surface area contributed by atoms with Crippen molar-refractivity contribution in [1.82, 2.24) is 0 Å². The molecule has 1 aliphatic heterocycles. The van der Waals surface area contributed by atoms with Gasteiger partial charge in [0.15, 0.2) is 0 Å². The van der Waals surface area contributed by atoms with Crippen molar-refractivity contribution < 1.29 is 9.53 Å². The molecule has 2 heteroatoms. The Labute approximate surface area is 111 Å². The predicted octanol–water partition coefficient (Wildman–Crippen LogP) is 4.18. The van der Waals surface area contributed by atoms with E-state index in [4.69, 9.17) is 4.74 Å². The van der Waals surface area contributed by atoms with E-state index in [2.05, 4.69) is 20.8 Å². The first-order valence-corrected chi connectivity index (χ1v) is 7.82. The standard InChI is InChI=1S/C16H28O2/c1-4-14-9-10-15(16(17)18-14)12(3)13-7-5-11(2)6-8-13/h11-15H,4-10H2,1-3H3. The van der Waals surface area contributed by atoms with Gasteiger partial charge in [-0.1, -0.05) is 33.6 Å². The first-order valence-electron chi connectivity index (χ1n) is 7.82. The summed E-state index contributed by atoms with van der Waals surface area (Å²) in [5.74, 6) is 2.40. The lowest BCUT2D eigenvalue weighted by atomic mass is 9.71. The largest absolute Gasteiger partial charge is 0.462 e. The fourth-order valence-corrected chi connectivity index (χ4v) is 3.70. The van der Waals surface area contributed by atoms with E-state index in [0.29, 0.717) is 5.92 Å². The Morgan fingerprint density at radius 2 is 1.83 bits per heavy atom. The van der Waals surface area contributed by atoms with Crippen molar-refractivity contribution in [1.29, 1.82) is 0 Å². The van der Waals surface area contributed by atoms with Gasteiger partial charge in [-0.15, -0.1) is 0 Å². The molecule has 2 nitrogen and oxygen atoms in total. The van der Waals surface area contributed by atoms with Gasteiger partial charge in [-0.3, -0.25) is 4.79 Å². The maximum Gasteiger partial charge on any atom is 0.309 e. The van der Waals surface area contributed by atoms with Gasteiger partial charge in [0.2, 0.25) is 0 Å². The smallest absolute Gasteiger partial charge is 0.309 e. The highest BCUT2D eigenvalue weighted by Crippen LogP contribution is 2.39. The molecule has 1 heterocycles. The Morgan fingerprint density at radius 3 is 2.39 bits per heavy atom. The van der Waals surface area contributed by atoms with Crippen LogP contribution in [0.1, 0.15) is 65.7 Å². The number of ether oxygens (including phenoxy) is 1. The van der Waals surface area contributed by atoms with E-state index in [-0.39, 0.29) is 18.0 Å². The molecule has 0 N–H and O–H groups in total. The minimum Gasteiger partial charge on any atom is -0.462 e. The van der Waals surface area contributed by atoms with Crippen molar-refractivity contribution >= 4 is 5.97 Å². The van der Waals surface area contributed by atoms with E-state index in [1.54, 1.807) is 0 Å². The number of hydrogen-bond donors (Lipinski definition) is 0. The van der Waals surface area contributed by atoms with Crippen molar-refractivity contribution in [2.45, 2.75) is 71.8 Å². The van der Waals surface area contributed by atoms with Gasteiger partial charge in [0.05, 0.1) is 5.92 Å². The van der Waals surface area contributed by atoms with Crippen LogP contribution in [-0.2, 0) is 9.53 Å². The quantitative estimate of drug-likeness (QED) is 0.704. The van der Waals surface area contributed by atoms with Gasteiger partial charge >= 0.3 is 5.97 Å². The van der Waals surface area contributed by atoms with Crippen molar-refractivity contribution in [2.24, 2.45) is 23.7 Å². The zero-order valence-corrected chi connectivity index (χ0v) is 12.2. The molecule has 0 aromatic heterocycles. The second-order valence-corrected chi connectivity index (χ2v) is 6.53. The fourth-order valence-electron chi connectivity index (χ4n) is 3.70. The Morgan fingerprint density at radius 1 is 1.17 bits per heavy atom. The van der Waals surface area contributed by atoms with Crippen molar-refractivity contribution in [2.75, 3.05) is 0 Å². The van der Waals surface area contributed by atoms with Gasteiger partial charge in [-0.25, -0.2) is 0 Å². The molecular weight excluding hydrogens is 224 g/mol. The average Bonchev–Trinajstić information content (AvgIpc) is 2.38. The zero-order valence-electron chi connectivity index (χ0n) is 12.2. The molecule has 2 rings (SSSR count). The van der Waals surface area contributed by atoms with Gasteiger partial charge in [0, 0.05) is 0 Å². The number of carbonyl (C=O) groups excluding carboxylic acids is 1. The molecule has 0 aromatic carbocycles. The number of cyclic esters (lactones) is 1. The minimum absolute atomic E-state index is 0.0826. The van der Waals surface area contributed by atoms with E-state index in [9.17, 15) is 4.79 Å². The summed E-state index contributed by atoms with van der Waals surface area (Å²) < 4.78 is 5.54. The second-order valence-electron chi connectivity index (χ2n) is 6.53. The summed E-state index contributed by atoms with van der Waals surface area (Å²) >= 11 is 0. The van der Waals surface area contributed by atoms with E-state index in [1.807, 2.05) is 0 Å². The highest BCUT2D eigenvalue weighted by atomic mass is 16.5.